The maximum atomic E-state index is 11.7. The van der Waals surface area contributed by atoms with Crippen molar-refractivity contribution in [2.75, 3.05) is 6.54 Å². The van der Waals surface area contributed by atoms with Crippen molar-refractivity contribution in [3.63, 3.8) is 0 Å². The standard InChI is InChI=1S/C14H30N2O/c1-5-6-7-8-9-10-13(17)16-12(11-15)14(2,3)4/h12H,5-11,15H2,1-4H3,(H,16,17). The summed E-state index contributed by atoms with van der Waals surface area (Å²) in [6.07, 6.45) is 6.54. The van der Waals surface area contributed by atoms with Gasteiger partial charge in [0, 0.05) is 19.0 Å². The maximum Gasteiger partial charge on any atom is 0.220 e. The van der Waals surface area contributed by atoms with Gasteiger partial charge in [0.1, 0.15) is 0 Å². The lowest BCUT2D eigenvalue weighted by Crippen LogP contribution is -2.48. The molecule has 0 aliphatic rings. The van der Waals surface area contributed by atoms with Gasteiger partial charge in [0.05, 0.1) is 0 Å². The van der Waals surface area contributed by atoms with Gasteiger partial charge < -0.3 is 11.1 Å². The molecule has 3 N–H and O–H groups in total. The Morgan fingerprint density at radius 3 is 2.24 bits per heavy atom. The van der Waals surface area contributed by atoms with Crippen molar-refractivity contribution in [2.45, 2.75) is 72.3 Å². The number of carbonyl (C=O) groups excluding carboxylic acids is 1. The van der Waals surface area contributed by atoms with E-state index in [1.807, 2.05) is 0 Å². The molecule has 0 aliphatic carbocycles. The van der Waals surface area contributed by atoms with Crippen LogP contribution in [0.5, 0.6) is 0 Å². The fraction of sp³-hybridized carbons (Fsp3) is 0.929. The first-order chi connectivity index (χ1) is 7.91. The molecule has 0 radical (unpaired) electrons. The Morgan fingerprint density at radius 2 is 1.76 bits per heavy atom. The van der Waals surface area contributed by atoms with Crippen molar-refractivity contribution in [3.05, 3.63) is 0 Å². The van der Waals surface area contributed by atoms with Gasteiger partial charge in [-0.05, 0) is 11.8 Å². The van der Waals surface area contributed by atoms with Crippen LogP contribution in [-0.4, -0.2) is 18.5 Å². The van der Waals surface area contributed by atoms with Crippen molar-refractivity contribution >= 4 is 5.91 Å². The molecule has 0 aromatic carbocycles. The molecule has 0 aliphatic heterocycles. The summed E-state index contributed by atoms with van der Waals surface area (Å²) in [6.45, 7) is 9.01. The van der Waals surface area contributed by atoms with Gasteiger partial charge in [0.25, 0.3) is 0 Å². The molecule has 0 aromatic heterocycles. The van der Waals surface area contributed by atoms with E-state index in [0.29, 0.717) is 13.0 Å². The van der Waals surface area contributed by atoms with Crippen LogP contribution in [0.2, 0.25) is 0 Å². The van der Waals surface area contributed by atoms with Crippen LogP contribution in [0.15, 0.2) is 0 Å². The summed E-state index contributed by atoms with van der Waals surface area (Å²) in [4.78, 5) is 11.7. The number of carbonyl (C=O) groups is 1. The first-order valence-electron chi connectivity index (χ1n) is 6.91. The zero-order chi connectivity index (χ0) is 13.3. The van der Waals surface area contributed by atoms with E-state index in [-0.39, 0.29) is 17.4 Å². The van der Waals surface area contributed by atoms with Crippen molar-refractivity contribution < 1.29 is 4.79 Å². The molecule has 0 heterocycles. The van der Waals surface area contributed by atoms with E-state index >= 15 is 0 Å². The number of unbranched alkanes of at least 4 members (excludes halogenated alkanes) is 4. The third-order valence-electron chi connectivity index (χ3n) is 3.12. The molecule has 0 aromatic rings. The second-order valence-electron chi connectivity index (χ2n) is 5.89. The fourth-order valence-electron chi connectivity index (χ4n) is 1.78. The van der Waals surface area contributed by atoms with E-state index in [2.05, 4.69) is 33.0 Å². The first-order valence-corrected chi connectivity index (χ1v) is 6.91. The van der Waals surface area contributed by atoms with Crippen LogP contribution in [0.4, 0.5) is 0 Å². The molecule has 3 nitrogen and oxygen atoms in total. The number of hydrogen-bond acceptors (Lipinski definition) is 2. The average Bonchev–Trinajstić information content (AvgIpc) is 2.24. The van der Waals surface area contributed by atoms with E-state index in [9.17, 15) is 4.79 Å². The monoisotopic (exact) mass is 242 g/mol. The third kappa shape index (κ3) is 8.19. The van der Waals surface area contributed by atoms with Gasteiger partial charge in [0.15, 0.2) is 0 Å². The normalized spacial score (nSPS) is 13.5. The lowest BCUT2D eigenvalue weighted by Gasteiger charge is -2.30. The summed E-state index contributed by atoms with van der Waals surface area (Å²) < 4.78 is 0. The molecular weight excluding hydrogens is 212 g/mol. The van der Waals surface area contributed by atoms with E-state index in [1.54, 1.807) is 0 Å². The van der Waals surface area contributed by atoms with Crippen molar-refractivity contribution in [1.82, 2.24) is 5.32 Å². The number of nitrogens with one attached hydrogen (secondary N) is 1. The average molecular weight is 242 g/mol. The third-order valence-corrected chi connectivity index (χ3v) is 3.12. The maximum absolute atomic E-state index is 11.7. The van der Waals surface area contributed by atoms with Crippen LogP contribution in [-0.2, 0) is 4.79 Å². The summed E-state index contributed by atoms with van der Waals surface area (Å²) in [5.41, 5.74) is 5.72. The molecule has 0 rings (SSSR count). The Bertz CT molecular complexity index is 209. The van der Waals surface area contributed by atoms with Crippen LogP contribution in [0.1, 0.15) is 66.2 Å². The smallest absolute Gasteiger partial charge is 0.220 e. The summed E-state index contributed by atoms with van der Waals surface area (Å²) in [6, 6.07) is 0.0747. The van der Waals surface area contributed by atoms with Crippen LogP contribution < -0.4 is 11.1 Å². The lowest BCUT2D eigenvalue weighted by molar-refractivity contribution is -0.122. The van der Waals surface area contributed by atoms with Crippen LogP contribution in [0.3, 0.4) is 0 Å². The van der Waals surface area contributed by atoms with Crippen molar-refractivity contribution in [2.24, 2.45) is 11.1 Å². The minimum Gasteiger partial charge on any atom is -0.352 e. The summed E-state index contributed by atoms with van der Waals surface area (Å²) >= 11 is 0. The summed E-state index contributed by atoms with van der Waals surface area (Å²) in [5.74, 6) is 0.145. The van der Waals surface area contributed by atoms with E-state index < -0.39 is 0 Å². The largest absolute Gasteiger partial charge is 0.352 e. The Kier molecular flexibility index (Phi) is 8.23. The molecule has 1 atom stereocenters. The van der Waals surface area contributed by atoms with E-state index in [1.165, 1.54) is 19.3 Å². The molecule has 0 spiro atoms. The fourth-order valence-corrected chi connectivity index (χ4v) is 1.78. The topological polar surface area (TPSA) is 55.1 Å². The SMILES string of the molecule is CCCCCCCC(=O)NC(CN)C(C)(C)C. The highest BCUT2D eigenvalue weighted by atomic mass is 16.1. The highest BCUT2D eigenvalue weighted by molar-refractivity contribution is 5.76. The predicted octanol–water partition coefficient (Wildman–Crippen LogP) is 2.84. The molecule has 1 amide bonds. The zero-order valence-corrected chi connectivity index (χ0v) is 12.0. The number of nitrogens with two attached hydrogens (primary N) is 1. The minimum absolute atomic E-state index is 0.0343. The Morgan fingerprint density at radius 1 is 1.18 bits per heavy atom. The molecule has 0 fully saturated rings. The lowest BCUT2D eigenvalue weighted by atomic mass is 9.86. The van der Waals surface area contributed by atoms with Crippen molar-refractivity contribution in [1.29, 1.82) is 0 Å². The van der Waals surface area contributed by atoms with Gasteiger partial charge in [-0.25, -0.2) is 0 Å². The number of rotatable bonds is 8. The quantitative estimate of drug-likeness (QED) is 0.643. The molecule has 0 bridgehead atoms. The summed E-state index contributed by atoms with van der Waals surface area (Å²) in [7, 11) is 0. The van der Waals surface area contributed by atoms with Gasteiger partial charge in [-0.1, -0.05) is 53.4 Å². The van der Waals surface area contributed by atoms with Crippen LogP contribution >= 0.6 is 0 Å². The second kappa shape index (κ2) is 8.51. The second-order valence-corrected chi connectivity index (χ2v) is 5.89. The molecule has 102 valence electrons. The van der Waals surface area contributed by atoms with Crippen LogP contribution in [0.25, 0.3) is 0 Å². The Labute approximate surface area is 107 Å². The molecule has 1 unspecified atom stereocenters. The molecular formula is C14H30N2O. The Hall–Kier alpha value is -0.570. The van der Waals surface area contributed by atoms with Crippen molar-refractivity contribution in [3.8, 4) is 0 Å². The van der Waals surface area contributed by atoms with Gasteiger partial charge in [0.2, 0.25) is 5.91 Å². The molecule has 3 heteroatoms. The summed E-state index contributed by atoms with van der Waals surface area (Å²) in [5, 5.41) is 3.03. The molecule has 0 saturated carbocycles. The van der Waals surface area contributed by atoms with E-state index in [4.69, 9.17) is 5.73 Å². The van der Waals surface area contributed by atoms with E-state index in [0.717, 1.165) is 12.8 Å². The highest BCUT2D eigenvalue weighted by Gasteiger charge is 2.24. The van der Waals surface area contributed by atoms with Gasteiger partial charge in [-0.3, -0.25) is 4.79 Å². The number of amides is 1. The van der Waals surface area contributed by atoms with Gasteiger partial charge >= 0.3 is 0 Å². The van der Waals surface area contributed by atoms with Gasteiger partial charge in [-0.2, -0.15) is 0 Å². The number of hydrogen-bond donors (Lipinski definition) is 2. The van der Waals surface area contributed by atoms with Crippen LogP contribution in [0, 0.1) is 5.41 Å². The minimum atomic E-state index is 0.0343. The predicted molar refractivity (Wildman–Crippen MR) is 73.8 cm³/mol. The Balaban J connectivity index is 3.77. The highest BCUT2D eigenvalue weighted by Crippen LogP contribution is 2.18. The zero-order valence-electron chi connectivity index (χ0n) is 12.0. The van der Waals surface area contributed by atoms with Gasteiger partial charge in [-0.15, -0.1) is 0 Å². The first kappa shape index (κ1) is 16.4. The molecule has 17 heavy (non-hydrogen) atoms. The molecule has 0 saturated heterocycles.